The van der Waals surface area contributed by atoms with E-state index in [1.54, 1.807) is 35.2 Å². The Morgan fingerprint density at radius 2 is 2.18 bits per heavy atom. The number of nitrogens with one attached hydrogen (secondary N) is 1. The Balaban J connectivity index is 1.54. The van der Waals surface area contributed by atoms with E-state index >= 15 is 0 Å². The van der Waals surface area contributed by atoms with E-state index in [2.05, 4.69) is 5.32 Å². The number of nitrogens with zero attached hydrogens (tertiary/aromatic N) is 1. The smallest absolute Gasteiger partial charge is 0.312 e. The van der Waals surface area contributed by atoms with Gasteiger partial charge in [0.25, 0.3) is 5.91 Å². The van der Waals surface area contributed by atoms with Gasteiger partial charge in [-0.3, -0.25) is 14.4 Å². The number of aryl methyl sites for hydroxylation is 1. The van der Waals surface area contributed by atoms with Gasteiger partial charge < -0.3 is 19.4 Å². The second-order valence-corrected chi connectivity index (χ2v) is 7.22. The molecule has 1 saturated heterocycles. The molecule has 3 rings (SSSR count). The van der Waals surface area contributed by atoms with Crippen molar-refractivity contribution in [3.05, 3.63) is 52.9 Å². The van der Waals surface area contributed by atoms with Crippen LogP contribution in [-0.4, -0.2) is 35.3 Å². The molecule has 1 aliphatic rings. The highest BCUT2D eigenvalue weighted by atomic mass is 35.5. The van der Waals surface area contributed by atoms with Crippen LogP contribution in [0.5, 0.6) is 0 Å². The fraction of sp³-hybridized carbons (Fsp3) is 0.350. The summed E-state index contributed by atoms with van der Waals surface area (Å²) < 4.78 is 10.5. The molecule has 7 nitrogen and oxygen atoms in total. The first-order valence-corrected chi connectivity index (χ1v) is 9.29. The number of ether oxygens (including phenoxy) is 1. The first kappa shape index (κ1) is 19.9. The highest BCUT2D eigenvalue weighted by Crippen LogP contribution is 2.23. The molecule has 0 spiro atoms. The number of halogens is 1. The SMILES string of the molecule is Cc1ccc(Cl)cc1NC(=O)[C@H](C)OC(=O)[C@H]1CC(=O)N(Cc2ccco2)C1. The van der Waals surface area contributed by atoms with Crippen molar-refractivity contribution in [2.45, 2.75) is 32.9 Å². The third-order valence-electron chi connectivity index (χ3n) is 4.59. The van der Waals surface area contributed by atoms with Crippen LogP contribution in [-0.2, 0) is 25.7 Å². The van der Waals surface area contributed by atoms with Crippen LogP contribution in [0.4, 0.5) is 5.69 Å². The van der Waals surface area contributed by atoms with Crippen LogP contribution >= 0.6 is 11.6 Å². The summed E-state index contributed by atoms with van der Waals surface area (Å²) in [5.74, 6) is -1.14. The van der Waals surface area contributed by atoms with Crippen molar-refractivity contribution in [1.29, 1.82) is 0 Å². The first-order valence-electron chi connectivity index (χ1n) is 8.91. The average Bonchev–Trinajstić information content (AvgIpc) is 3.28. The van der Waals surface area contributed by atoms with E-state index in [9.17, 15) is 14.4 Å². The van der Waals surface area contributed by atoms with Crippen molar-refractivity contribution in [1.82, 2.24) is 4.90 Å². The highest BCUT2D eigenvalue weighted by molar-refractivity contribution is 6.31. The minimum atomic E-state index is -1.000. The summed E-state index contributed by atoms with van der Waals surface area (Å²) in [5.41, 5.74) is 1.40. The molecule has 0 saturated carbocycles. The monoisotopic (exact) mass is 404 g/mol. The molecule has 1 aliphatic heterocycles. The quantitative estimate of drug-likeness (QED) is 0.747. The molecule has 0 radical (unpaired) electrons. The van der Waals surface area contributed by atoms with E-state index in [0.717, 1.165) is 5.56 Å². The van der Waals surface area contributed by atoms with Gasteiger partial charge in [0.2, 0.25) is 5.91 Å². The Kier molecular flexibility index (Phi) is 6.04. The van der Waals surface area contributed by atoms with Gasteiger partial charge in [0.15, 0.2) is 6.10 Å². The lowest BCUT2D eigenvalue weighted by Crippen LogP contribution is -2.33. The number of esters is 1. The van der Waals surface area contributed by atoms with Gasteiger partial charge in [0.1, 0.15) is 5.76 Å². The zero-order valence-corrected chi connectivity index (χ0v) is 16.4. The van der Waals surface area contributed by atoms with Crippen LogP contribution in [0.2, 0.25) is 5.02 Å². The summed E-state index contributed by atoms with van der Waals surface area (Å²) in [6.07, 6.45) is 0.588. The van der Waals surface area contributed by atoms with Gasteiger partial charge in [-0.05, 0) is 43.7 Å². The maximum absolute atomic E-state index is 12.4. The van der Waals surface area contributed by atoms with E-state index in [0.29, 0.717) is 23.0 Å². The third-order valence-corrected chi connectivity index (χ3v) is 4.83. The number of amides is 2. The second kappa shape index (κ2) is 8.48. The van der Waals surface area contributed by atoms with E-state index < -0.39 is 23.9 Å². The molecule has 1 N–H and O–H groups in total. The molecule has 2 aromatic rings. The van der Waals surface area contributed by atoms with E-state index in [1.165, 1.54) is 13.2 Å². The van der Waals surface area contributed by atoms with Crippen molar-refractivity contribution in [2.24, 2.45) is 5.92 Å². The average molecular weight is 405 g/mol. The van der Waals surface area contributed by atoms with E-state index in [4.69, 9.17) is 20.8 Å². The maximum atomic E-state index is 12.4. The molecule has 0 unspecified atom stereocenters. The fourth-order valence-electron chi connectivity index (χ4n) is 2.96. The summed E-state index contributed by atoms with van der Waals surface area (Å²) in [5, 5.41) is 3.20. The number of furan rings is 1. The van der Waals surface area contributed by atoms with Crippen LogP contribution in [0.1, 0.15) is 24.7 Å². The molecule has 148 valence electrons. The van der Waals surface area contributed by atoms with Crippen LogP contribution in [0.25, 0.3) is 0 Å². The lowest BCUT2D eigenvalue weighted by molar-refractivity contribution is -0.157. The van der Waals surface area contributed by atoms with Gasteiger partial charge in [-0.2, -0.15) is 0 Å². The zero-order chi connectivity index (χ0) is 20.3. The van der Waals surface area contributed by atoms with Crippen LogP contribution in [0.3, 0.4) is 0 Å². The summed E-state index contributed by atoms with van der Waals surface area (Å²) in [4.78, 5) is 38.4. The van der Waals surface area contributed by atoms with Crippen molar-refractivity contribution < 1.29 is 23.5 Å². The molecule has 2 amide bonds. The number of anilines is 1. The normalized spacial score (nSPS) is 17.5. The van der Waals surface area contributed by atoms with Gasteiger partial charge in [0, 0.05) is 23.7 Å². The Bertz CT molecular complexity index is 881. The lowest BCUT2D eigenvalue weighted by Gasteiger charge is -2.17. The number of rotatable bonds is 6. The summed E-state index contributed by atoms with van der Waals surface area (Å²) in [6.45, 7) is 3.87. The van der Waals surface area contributed by atoms with Crippen molar-refractivity contribution in [3.63, 3.8) is 0 Å². The molecule has 1 aromatic carbocycles. The predicted molar refractivity (Wildman–Crippen MR) is 103 cm³/mol. The molecule has 1 fully saturated rings. The fourth-order valence-corrected chi connectivity index (χ4v) is 3.13. The highest BCUT2D eigenvalue weighted by Gasteiger charge is 2.36. The number of hydrogen-bond donors (Lipinski definition) is 1. The van der Waals surface area contributed by atoms with E-state index in [1.807, 2.05) is 6.92 Å². The van der Waals surface area contributed by atoms with Crippen molar-refractivity contribution in [2.75, 3.05) is 11.9 Å². The zero-order valence-electron chi connectivity index (χ0n) is 15.6. The number of hydrogen-bond acceptors (Lipinski definition) is 5. The standard InChI is InChI=1S/C20H21ClN2O5/c1-12-5-6-15(21)9-17(12)22-19(25)13(2)28-20(26)14-8-18(24)23(10-14)11-16-4-3-7-27-16/h3-7,9,13-14H,8,10-11H2,1-2H3,(H,22,25)/t13-,14-/m0/s1. The van der Waals surface area contributed by atoms with Crippen LogP contribution < -0.4 is 5.32 Å². The van der Waals surface area contributed by atoms with Crippen molar-refractivity contribution >= 4 is 35.1 Å². The molecule has 1 aromatic heterocycles. The van der Waals surface area contributed by atoms with Crippen LogP contribution in [0, 0.1) is 12.8 Å². The number of benzene rings is 1. The van der Waals surface area contributed by atoms with E-state index in [-0.39, 0.29) is 18.9 Å². The molecular formula is C20H21ClN2O5. The molecular weight excluding hydrogens is 384 g/mol. The molecule has 2 atom stereocenters. The Labute approximate surface area is 167 Å². The van der Waals surface area contributed by atoms with Gasteiger partial charge in [0.05, 0.1) is 18.7 Å². The Morgan fingerprint density at radius 1 is 1.39 bits per heavy atom. The van der Waals surface area contributed by atoms with Gasteiger partial charge >= 0.3 is 5.97 Å². The topological polar surface area (TPSA) is 88.8 Å². The minimum Gasteiger partial charge on any atom is -0.467 e. The third kappa shape index (κ3) is 4.72. The van der Waals surface area contributed by atoms with Crippen LogP contribution in [0.15, 0.2) is 41.0 Å². The largest absolute Gasteiger partial charge is 0.467 e. The van der Waals surface area contributed by atoms with Gasteiger partial charge in [-0.25, -0.2) is 0 Å². The number of carbonyl (C=O) groups is 3. The van der Waals surface area contributed by atoms with Crippen molar-refractivity contribution in [3.8, 4) is 0 Å². The molecule has 8 heteroatoms. The Morgan fingerprint density at radius 3 is 2.89 bits per heavy atom. The Hall–Kier alpha value is -2.80. The molecule has 2 heterocycles. The lowest BCUT2D eigenvalue weighted by atomic mass is 10.1. The molecule has 0 aliphatic carbocycles. The number of carbonyl (C=O) groups excluding carboxylic acids is 3. The summed E-state index contributed by atoms with van der Waals surface area (Å²) >= 11 is 5.95. The summed E-state index contributed by atoms with van der Waals surface area (Å²) in [7, 11) is 0. The summed E-state index contributed by atoms with van der Waals surface area (Å²) in [6, 6.07) is 8.64. The van der Waals surface area contributed by atoms with Gasteiger partial charge in [-0.1, -0.05) is 17.7 Å². The second-order valence-electron chi connectivity index (χ2n) is 6.78. The van der Waals surface area contributed by atoms with Gasteiger partial charge in [-0.15, -0.1) is 0 Å². The molecule has 0 bridgehead atoms. The number of likely N-dealkylation sites (tertiary alicyclic amines) is 1. The minimum absolute atomic E-state index is 0.0568. The molecule has 28 heavy (non-hydrogen) atoms. The first-order chi connectivity index (χ1) is 13.3. The maximum Gasteiger partial charge on any atom is 0.312 e. The predicted octanol–water partition coefficient (Wildman–Crippen LogP) is 3.16.